The Hall–Kier alpha value is -2.87. The molecule has 2 amide bonds. The Balaban J connectivity index is 1.32. The summed E-state index contributed by atoms with van der Waals surface area (Å²) >= 11 is 0. The number of hydrogen-bond acceptors (Lipinski definition) is 6. The van der Waals surface area contributed by atoms with E-state index in [9.17, 15) is 4.79 Å². The summed E-state index contributed by atoms with van der Waals surface area (Å²) < 4.78 is 5.42. The first kappa shape index (κ1) is 19.4. The van der Waals surface area contributed by atoms with Crippen LogP contribution in [0.5, 0.6) is 0 Å². The van der Waals surface area contributed by atoms with Crippen LogP contribution in [0.1, 0.15) is 12.5 Å². The summed E-state index contributed by atoms with van der Waals surface area (Å²) in [6, 6.07) is 10.0. The summed E-state index contributed by atoms with van der Waals surface area (Å²) in [5.41, 5.74) is 3.17. The fourth-order valence-electron chi connectivity index (χ4n) is 3.66. The number of ether oxygens (including phenoxy) is 1. The largest absolute Gasteiger partial charge is 0.378 e. The Bertz CT molecular complexity index is 814. The van der Waals surface area contributed by atoms with E-state index in [-0.39, 0.29) is 6.03 Å². The molecule has 2 fully saturated rings. The van der Waals surface area contributed by atoms with Crippen molar-refractivity contribution in [2.75, 3.05) is 67.6 Å². The van der Waals surface area contributed by atoms with Gasteiger partial charge < -0.3 is 24.8 Å². The molecule has 2 aliphatic heterocycles. The lowest BCUT2D eigenvalue weighted by molar-refractivity contribution is 0.122. The third kappa shape index (κ3) is 4.76. The molecule has 0 unspecified atom stereocenters. The van der Waals surface area contributed by atoms with Gasteiger partial charge in [-0.05, 0) is 24.1 Å². The van der Waals surface area contributed by atoms with Crippen molar-refractivity contribution in [1.82, 2.24) is 15.1 Å². The highest BCUT2D eigenvalue weighted by atomic mass is 16.5. The number of morpholine rings is 1. The molecule has 0 radical (unpaired) electrons. The summed E-state index contributed by atoms with van der Waals surface area (Å²) in [4.78, 5) is 18.9. The highest BCUT2D eigenvalue weighted by Crippen LogP contribution is 2.21. The lowest BCUT2D eigenvalue weighted by Gasteiger charge is -2.35. The number of nitrogens with one attached hydrogen (secondary N) is 1. The summed E-state index contributed by atoms with van der Waals surface area (Å²) in [6.45, 7) is 8.14. The number of carbonyl (C=O) groups excluding carboxylic acids is 1. The molecule has 0 saturated carbocycles. The second-order valence-electron chi connectivity index (χ2n) is 7.33. The molecule has 8 heteroatoms. The number of aryl methyl sites for hydroxylation is 1. The fraction of sp³-hybridized carbons (Fsp3) is 0.476. The Kier molecular flexibility index (Phi) is 6.09. The number of piperazine rings is 1. The molecule has 0 atom stereocenters. The molecular formula is C21H28N6O2. The fourth-order valence-corrected chi connectivity index (χ4v) is 3.66. The Labute approximate surface area is 171 Å². The summed E-state index contributed by atoms with van der Waals surface area (Å²) in [5.74, 6) is 0.865. The van der Waals surface area contributed by atoms with Gasteiger partial charge in [0.05, 0.1) is 25.1 Å². The molecule has 3 heterocycles. The van der Waals surface area contributed by atoms with Gasteiger partial charge in [0, 0.05) is 51.0 Å². The van der Waals surface area contributed by atoms with Crippen LogP contribution >= 0.6 is 0 Å². The van der Waals surface area contributed by atoms with Gasteiger partial charge in [0.1, 0.15) is 0 Å². The first-order valence-corrected chi connectivity index (χ1v) is 10.3. The summed E-state index contributed by atoms with van der Waals surface area (Å²) in [6.07, 6.45) is 2.80. The lowest BCUT2D eigenvalue weighted by atomic mass is 10.1. The number of benzene rings is 1. The van der Waals surface area contributed by atoms with Gasteiger partial charge >= 0.3 is 6.03 Å². The SMILES string of the molecule is CCc1ccc(NC(=O)N2CCN(c3cc(N4CCOCC4)cnn3)CC2)cc1. The maximum Gasteiger partial charge on any atom is 0.321 e. The Morgan fingerprint density at radius 3 is 2.45 bits per heavy atom. The minimum Gasteiger partial charge on any atom is -0.378 e. The number of anilines is 3. The lowest BCUT2D eigenvalue weighted by Crippen LogP contribution is -2.50. The Morgan fingerprint density at radius 2 is 1.76 bits per heavy atom. The minimum absolute atomic E-state index is 0.0537. The van der Waals surface area contributed by atoms with E-state index in [0.29, 0.717) is 13.1 Å². The van der Waals surface area contributed by atoms with E-state index in [0.717, 1.165) is 63.0 Å². The summed E-state index contributed by atoms with van der Waals surface area (Å²) in [5, 5.41) is 11.5. The van der Waals surface area contributed by atoms with Gasteiger partial charge in [0.15, 0.2) is 5.82 Å². The maximum absolute atomic E-state index is 12.6. The van der Waals surface area contributed by atoms with Crippen molar-refractivity contribution >= 4 is 23.2 Å². The number of hydrogen-bond donors (Lipinski definition) is 1. The topological polar surface area (TPSA) is 73.8 Å². The van der Waals surface area contributed by atoms with E-state index in [2.05, 4.69) is 38.3 Å². The number of nitrogens with zero attached hydrogens (tertiary/aromatic N) is 5. The van der Waals surface area contributed by atoms with Crippen molar-refractivity contribution in [1.29, 1.82) is 0 Å². The molecule has 2 aliphatic rings. The van der Waals surface area contributed by atoms with Gasteiger partial charge in [-0.2, -0.15) is 5.10 Å². The molecular weight excluding hydrogens is 368 g/mol. The molecule has 1 aromatic heterocycles. The van der Waals surface area contributed by atoms with Gasteiger partial charge in [0.2, 0.25) is 0 Å². The zero-order valence-electron chi connectivity index (χ0n) is 16.9. The van der Waals surface area contributed by atoms with Crippen LogP contribution in [0.15, 0.2) is 36.5 Å². The van der Waals surface area contributed by atoms with Gasteiger partial charge in [0.25, 0.3) is 0 Å². The van der Waals surface area contributed by atoms with Gasteiger partial charge in [-0.1, -0.05) is 19.1 Å². The van der Waals surface area contributed by atoms with Crippen molar-refractivity contribution in [3.05, 3.63) is 42.1 Å². The van der Waals surface area contributed by atoms with Crippen LogP contribution in [0, 0.1) is 0 Å². The highest BCUT2D eigenvalue weighted by Gasteiger charge is 2.23. The quantitative estimate of drug-likeness (QED) is 0.854. The minimum atomic E-state index is -0.0537. The molecule has 2 saturated heterocycles. The third-order valence-corrected chi connectivity index (χ3v) is 5.51. The molecule has 1 aromatic carbocycles. The first-order valence-electron chi connectivity index (χ1n) is 10.3. The van der Waals surface area contributed by atoms with E-state index in [1.165, 1.54) is 5.56 Å². The van der Waals surface area contributed by atoms with Crippen LogP contribution in [-0.2, 0) is 11.2 Å². The van der Waals surface area contributed by atoms with Crippen LogP contribution in [0.2, 0.25) is 0 Å². The second kappa shape index (κ2) is 9.09. The number of rotatable bonds is 4. The van der Waals surface area contributed by atoms with Crippen LogP contribution < -0.4 is 15.1 Å². The number of amides is 2. The normalized spacial score (nSPS) is 17.3. The molecule has 0 bridgehead atoms. The second-order valence-corrected chi connectivity index (χ2v) is 7.33. The molecule has 154 valence electrons. The Morgan fingerprint density at radius 1 is 1.03 bits per heavy atom. The predicted octanol–water partition coefficient (Wildman–Crippen LogP) is 2.23. The molecule has 1 N–H and O–H groups in total. The molecule has 8 nitrogen and oxygen atoms in total. The van der Waals surface area contributed by atoms with E-state index in [4.69, 9.17) is 4.74 Å². The third-order valence-electron chi connectivity index (χ3n) is 5.51. The zero-order valence-corrected chi connectivity index (χ0v) is 16.9. The zero-order chi connectivity index (χ0) is 20.1. The van der Waals surface area contributed by atoms with Crippen molar-refractivity contribution in [2.24, 2.45) is 0 Å². The first-order chi connectivity index (χ1) is 14.2. The van der Waals surface area contributed by atoms with E-state index in [1.807, 2.05) is 35.4 Å². The van der Waals surface area contributed by atoms with E-state index < -0.39 is 0 Å². The standard InChI is InChI=1S/C21H28N6O2/c1-2-17-3-5-18(6-4-17)23-21(28)27-9-7-26(8-10-27)20-15-19(16-22-24-20)25-11-13-29-14-12-25/h3-6,15-16H,2,7-14H2,1H3,(H,23,28). The van der Waals surface area contributed by atoms with Crippen molar-refractivity contribution < 1.29 is 9.53 Å². The molecule has 0 spiro atoms. The summed E-state index contributed by atoms with van der Waals surface area (Å²) in [7, 11) is 0. The van der Waals surface area contributed by atoms with Crippen molar-refractivity contribution in [3.8, 4) is 0 Å². The average molecular weight is 396 g/mol. The van der Waals surface area contributed by atoms with Crippen molar-refractivity contribution in [3.63, 3.8) is 0 Å². The van der Waals surface area contributed by atoms with E-state index >= 15 is 0 Å². The van der Waals surface area contributed by atoms with Crippen molar-refractivity contribution in [2.45, 2.75) is 13.3 Å². The number of urea groups is 1. The van der Waals surface area contributed by atoms with Crippen LogP contribution in [0.25, 0.3) is 0 Å². The van der Waals surface area contributed by atoms with Gasteiger partial charge in [-0.15, -0.1) is 5.10 Å². The highest BCUT2D eigenvalue weighted by molar-refractivity contribution is 5.89. The monoisotopic (exact) mass is 396 g/mol. The maximum atomic E-state index is 12.6. The van der Waals surface area contributed by atoms with Crippen LogP contribution in [0.4, 0.5) is 22.0 Å². The van der Waals surface area contributed by atoms with Gasteiger partial charge in [-0.25, -0.2) is 4.79 Å². The van der Waals surface area contributed by atoms with Gasteiger partial charge in [-0.3, -0.25) is 0 Å². The molecule has 2 aromatic rings. The molecule has 29 heavy (non-hydrogen) atoms. The number of aromatic nitrogens is 2. The smallest absolute Gasteiger partial charge is 0.321 e. The molecule has 0 aliphatic carbocycles. The van der Waals surface area contributed by atoms with Crippen LogP contribution in [-0.4, -0.2) is 73.6 Å². The predicted molar refractivity (Wildman–Crippen MR) is 114 cm³/mol. The van der Waals surface area contributed by atoms with Crippen LogP contribution in [0.3, 0.4) is 0 Å². The number of carbonyl (C=O) groups is 1. The average Bonchev–Trinajstić information content (AvgIpc) is 2.80. The molecule has 4 rings (SSSR count). The van der Waals surface area contributed by atoms with E-state index in [1.54, 1.807) is 0 Å².